The van der Waals surface area contributed by atoms with Gasteiger partial charge in [-0.15, -0.1) is 0 Å². The monoisotopic (exact) mass is 918 g/mol. The molecule has 64 heavy (non-hydrogen) atoms. The number of likely N-dealkylation sites (tertiary alicyclic amines) is 1. The Morgan fingerprint density at radius 3 is 1.95 bits per heavy atom. The first-order valence-corrected chi connectivity index (χ1v) is 26.4. The van der Waals surface area contributed by atoms with E-state index in [1.54, 1.807) is 12.1 Å². The van der Waals surface area contributed by atoms with Crippen LogP contribution >= 0.6 is 18.5 Å². The number of carbonyl (C=O) groups excluding carboxylic acids is 5. The summed E-state index contributed by atoms with van der Waals surface area (Å²) in [5.74, 6) is -2.54. The van der Waals surface area contributed by atoms with Gasteiger partial charge in [0, 0.05) is 23.9 Å². The second kappa shape index (κ2) is 21.0. The van der Waals surface area contributed by atoms with Crippen molar-refractivity contribution in [1.82, 2.24) is 19.8 Å². The molecule has 0 radical (unpaired) electrons. The number of rotatable bonds is 19. The minimum absolute atomic E-state index is 0.00362. The Morgan fingerprint density at radius 1 is 0.859 bits per heavy atom. The molecular formula is C49H52ClN4O8PSi. The van der Waals surface area contributed by atoms with Crippen LogP contribution in [0.4, 0.5) is 4.79 Å². The van der Waals surface area contributed by atoms with Crippen molar-refractivity contribution in [2.45, 2.75) is 58.1 Å². The fourth-order valence-electron chi connectivity index (χ4n) is 7.97. The van der Waals surface area contributed by atoms with E-state index in [9.17, 15) is 19.2 Å². The molecule has 1 aromatic heterocycles. The van der Waals surface area contributed by atoms with E-state index in [2.05, 4.69) is 23.5 Å². The molecule has 0 spiro atoms. The predicted octanol–water partition coefficient (Wildman–Crippen LogP) is 7.06. The van der Waals surface area contributed by atoms with Crippen LogP contribution in [-0.4, -0.2) is 83.2 Å². The number of Topliss-reactive ketones (excluding diaryl/α,β-unsaturated/α-hetero) is 1. The minimum Gasteiger partial charge on any atom is -0.457 e. The molecule has 1 aliphatic heterocycles. The lowest BCUT2D eigenvalue weighted by molar-refractivity contribution is -0.156. The lowest BCUT2D eigenvalue weighted by Crippen LogP contribution is -2.69. The summed E-state index contributed by atoms with van der Waals surface area (Å²) in [6, 6.07) is 32.9. The maximum atomic E-state index is 15.0. The average Bonchev–Trinajstić information content (AvgIpc) is 3.76. The van der Waals surface area contributed by atoms with Gasteiger partial charge >= 0.3 is 12.1 Å². The van der Waals surface area contributed by atoms with Crippen molar-refractivity contribution in [2.75, 3.05) is 13.2 Å². The Bertz CT molecular complexity index is 2480. The van der Waals surface area contributed by atoms with E-state index in [0.717, 1.165) is 15.9 Å². The van der Waals surface area contributed by atoms with Gasteiger partial charge in [0.25, 0.3) is 0 Å². The number of aromatic nitrogens is 2. The topological polar surface area (TPSA) is 146 Å². The van der Waals surface area contributed by atoms with Crippen molar-refractivity contribution >= 4 is 77.8 Å². The number of nitrogens with zero attached hydrogens (tertiary/aromatic N) is 3. The third-order valence-corrected chi connectivity index (χ3v) is 16.3. The standard InChI is InChI=1S/C49H52ClN4O8PSi/c1-7-26-60-48(58)47(63(38-18-12-9-13-19-38,39-20-14-10-15-21-39)40-22-16-11-17-23-40)54-42(45(46(54)57)34(3)62-64(4,5)6)30-43(55)36-25-24-35(41(50)28-36)29-44(56)52-32-37-31-51-33-53(37)49(59)61-27-8-2/h7-25,28,31,33-34,42,45H,1-2,26-27,29-30,32H2,3-6H3,(H,52,56). The van der Waals surface area contributed by atoms with Gasteiger partial charge in [-0.3, -0.25) is 14.4 Å². The Labute approximate surface area is 380 Å². The number of carbonyl (C=O) groups is 5. The molecule has 12 nitrogen and oxygen atoms in total. The average molecular weight is 919 g/mol. The fraction of sp³-hybridized carbons (Fsp3) is 0.245. The Balaban J connectivity index is 1.40. The fourth-order valence-corrected chi connectivity index (χ4v) is 13.9. The highest BCUT2D eigenvalue weighted by atomic mass is 35.5. The smallest absolute Gasteiger partial charge is 0.419 e. The summed E-state index contributed by atoms with van der Waals surface area (Å²) in [5, 5.41) is 5.40. The molecule has 4 aromatic carbocycles. The van der Waals surface area contributed by atoms with Gasteiger partial charge in [-0.2, -0.15) is 0 Å². The number of esters is 1. The van der Waals surface area contributed by atoms with Crippen LogP contribution in [0.25, 0.3) is 0 Å². The molecule has 1 saturated heterocycles. The van der Waals surface area contributed by atoms with Crippen molar-refractivity contribution < 1.29 is 37.9 Å². The molecule has 2 heterocycles. The number of nitrogens with one attached hydrogen (secondary N) is 1. The molecule has 2 amide bonds. The van der Waals surface area contributed by atoms with Crippen LogP contribution in [0.3, 0.4) is 0 Å². The van der Waals surface area contributed by atoms with Gasteiger partial charge < -0.3 is 24.1 Å². The van der Waals surface area contributed by atoms with Crippen LogP contribution < -0.4 is 21.2 Å². The molecule has 5 aromatic rings. The summed E-state index contributed by atoms with van der Waals surface area (Å²) in [7, 11) is -2.21. The lowest BCUT2D eigenvalue weighted by Gasteiger charge is -2.52. The van der Waals surface area contributed by atoms with Crippen LogP contribution in [0, 0.1) is 5.92 Å². The van der Waals surface area contributed by atoms with Gasteiger partial charge in [0.05, 0.1) is 42.9 Å². The molecule has 3 unspecified atom stereocenters. The predicted molar refractivity (Wildman–Crippen MR) is 254 cm³/mol. The van der Waals surface area contributed by atoms with Crippen molar-refractivity contribution in [3.63, 3.8) is 0 Å². The molecule has 0 saturated carbocycles. The summed E-state index contributed by atoms with van der Waals surface area (Å²) in [6.45, 7) is 11.9. The van der Waals surface area contributed by atoms with Gasteiger partial charge in [0.1, 0.15) is 25.0 Å². The summed E-state index contributed by atoms with van der Waals surface area (Å²) < 4.78 is 18.7. The quantitative estimate of drug-likeness (QED) is 0.0230. The van der Waals surface area contributed by atoms with Crippen LogP contribution in [0.5, 0.6) is 0 Å². The highest BCUT2D eigenvalue weighted by Crippen LogP contribution is 2.50. The Kier molecular flexibility index (Phi) is 15.6. The number of benzene rings is 4. The SMILES string of the molecule is C=CCOC(=O)C(N1C(=O)C(C(C)O[Si](C)(C)C)C1CC(=O)c1ccc(CC(=O)NCc2cncn2C(=O)OCC=C)c(Cl)c1)=P(c1ccccc1)(c1ccccc1)c1ccccc1. The van der Waals surface area contributed by atoms with E-state index in [-0.39, 0.29) is 66.2 Å². The maximum absolute atomic E-state index is 15.0. The number of β-lactam (4-membered cyclic amide) rings is 1. The van der Waals surface area contributed by atoms with Gasteiger partial charge in [-0.25, -0.2) is 19.1 Å². The Morgan fingerprint density at radius 2 is 1.42 bits per heavy atom. The third kappa shape index (κ3) is 10.5. The van der Waals surface area contributed by atoms with Crippen LogP contribution in [0.2, 0.25) is 24.7 Å². The van der Waals surface area contributed by atoms with Crippen LogP contribution in [0.15, 0.2) is 147 Å². The molecule has 0 aliphatic carbocycles. The third-order valence-electron chi connectivity index (χ3n) is 10.6. The molecule has 3 atom stereocenters. The van der Waals surface area contributed by atoms with E-state index >= 15 is 4.79 Å². The number of hydrogen-bond acceptors (Lipinski definition) is 9. The zero-order chi connectivity index (χ0) is 46.0. The largest absolute Gasteiger partial charge is 0.457 e. The van der Waals surface area contributed by atoms with Crippen molar-refractivity contribution in [1.29, 1.82) is 0 Å². The summed E-state index contributed by atoms with van der Waals surface area (Å²) in [6.07, 6.45) is 4.13. The van der Waals surface area contributed by atoms with Crippen LogP contribution in [0.1, 0.15) is 35.0 Å². The lowest BCUT2D eigenvalue weighted by atomic mass is 9.79. The molecule has 332 valence electrons. The Hall–Kier alpha value is -6.11. The number of halogens is 1. The first-order chi connectivity index (χ1) is 30.7. The molecule has 6 rings (SSSR count). The van der Waals surface area contributed by atoms with E-state index in [1.807, 2.05) is 118 Å². The second-order valence-electron chi connectivity index (χ2n) is 16.1. The van der Waals surface area contributed by atoms with Crippen molar-refractivity contribution in [3.8, 4) is 0 Å². The van der Waals surface area contributed by atoms with Gasteiger partial charge in [0.2, 0.25) is 11.8 Å². The van der Waals surface area contributed by atoms with Crippen LogP contribution in [-0.2, 0) is 41.2 Å². The minimum atomic E-state index is -3.25. The molecule has 1 aliphatic rings. The first-order valence-electron chi connectivity index (χ1n) is 20.8. The van der Waals surface area contributed by atoms with Crippen molar-refractivity contribution in [2.24, 2.45) is 5.92 Å². The molecule has 0 bridgehead atoms. The second-order valence-corrected chi connectivity index (χ2v) is 24.3. The van der Waals surface area contributed by atoms with E-state index in [0.29, 0.717) is 11.3 Å². The van der Waals surface area contributed by atoms with E-state index in [4.69, 9.17) is 25.5 Å². The van der Waals surface area contributed by atoms with Gasteiger partial charge in [-0.05, 0) is 54.1 Å². The van der Waals surface area contributed by atoms with Gasteiger partial charge in [-0.1, -0.05) is 140 Å². The molecule has 1 fully saturated rings. The highest BCUT2D eigenvalue weighted by molar-refractivity contribution is 7.96. The number of imidazole rings is 1. The van der Waals surface area contributed by atoms with E-state index < -0.39 is 45.3 Å². The van der Waals surface area contributed by atoms with Crippen molar-refractivity contribution in [3.05, 3.63) is 169 Å². The normalized spacial score (nSPS) is 15.3. The highest BCUT2D eigenvalue weighted by Gasteiger charge is 2.56. The molecule has 15 heteroatoms. The van der Waals surface area contributed by atoms with Gasteiger partial charge in [0.15, 0.2) is 14.1 Å². The summed E-state index contributed by atoms with van der Waals surface area (Å²) >= 11 is 6.76. The number of amides is 2. The van der Waals surface area contributed by atoms with E-state index in [1.165, 1.54) is 40.2 Å². The number of ether oxygens (including phenoxy) is 2. The summed E-state index contributed by atoms with van der Waals surface area (Å²) in [4.78, 5) is 75.5. The summed E-state index contributed by atoms with van der Waals surface area (Å²) in [5.41, 5.74) is 1.28. The molecular weight excluding hydrogens is 867 g/mol. The first kappa shape index (κ1) is 47.4. The number of ketones is 1. The number of hydrogen-bond donors (Lipinski definition) is 1. The zero-order valence-electron chi connectivity index (χ0n) is 36.3. The maximum Gasteiger partial charge on any atom is 0.419 e. The molecule has 1 N–H and O–H groups in total. The zero-order valence-corrected chi connectivity index (χ0v) is 39.0.